The van der Waals surface area contributed by atoms with Gasteiger partial charge in [-0.15, -0.1) is 0 Å². The van der Waals surface area contributed by atoms with Crippen LogP contribution in [0.1, 0.15) is 34.1 Å². The van der Waals surface area contributed by atoms with E-state index in [-0.39, 0.29) is 0 Å². The molecule has 0 heterocycles. The van der Waals surface area contributed by atoms with Gasteiger partial charge < -0.3 is 0 Å². The van der Waals surface area contributed by atoms with Crippen LogP contribution < -0.4 is 0 Å². The molecule has 0 N–H and O–H groups in total. The summed E-state index contributed by atoms with van der Waals surface area (Å²) in [6, 6.07) is 4.45. The Hall–Kier alpha value is 0.567. The Balaban J connectivity index is 3.76. The van der Waals surface area contributed by atoms with Gasteiger partial charge in [0.1, 0.15) is 0 Å². The Kier molecular flexibility index (Phi) is 7.35. The highest BCUT2D eigenvalue weighted by Crippen LogP contribution is 2.24. The van der Waals surface area contributed by atoms with Crippen molar-refractivity contribution in [3.63, 3.8) is 0 Å². The molecule has 0 saturated heterocycles. The molecule has 0 saturated carbocycles. The minimum atomic E-state index is -0.792. The predicted octanol–water partition coefficient (Wildman–Crippen LogP) is 4.18. The van der Waals surface area contributed by atoms with Crippen molar-refractivity contribution >= 4 is 19.8 Å². The second-order valence-corrected chi connectivity index (χ2v) is 10.7. The lowest BCUT2D eigenvalue weighted by molar-refractivity contribution is 1.10. The first-order valence-electron chi connectivity index (χ1n) is 5.32. The highest BCUT2D eigenvalue weighted by Gasteiger charge is 2.25. The summed E-state index contributed by atoms with van der Waals surface area (Å²) in [6.45, 7) is 9.46. The van der Waals surface area contributed by atoms with Crippen LogP contribution in [0.4, 0.5) is 0 Å². The van der Waals surface area contributed by atoms with Gasteiger partial charge in [-0.25, -0.2) is 0 Å². The summed E-state index contributed by atoms with van der Waals surface area (Å²) in [5, 5.41) is 1.50. The van der Waals surface area contributed by atoms with Gasteiger partial charge in [-0.2, -0.15) is 11.8 Å². The molecular weight excluding hydrogens is 180 g/mol. The van der Waals surface area contributed by atoms with Crippen LogP contribution in [0.25, 0.3) is 0 Å². The molecule has 0 radical (unpaired) electrons. The van der Waals surface area contributed by atoms with E-state index in [1.165, 1.54) is 35.7 Å². The normalized spacial score (nSPS) is 12.0. The fourth-order valence-electron chi connectivity index (χ4n) is 1.49. The maximum atomic E-state index is 2.39. The molecule has 0 aliphatic carbocycles. The zero-order valence-electron chi connectivity index (χ0n) is 9.15. The van der Waals surface area contributed by atoms with Crippen molar-refractivity contribution in [3.05, 3.63) is 0 Å². The minimum absolute atomic E-state index is 0.792. The molecule has 0 bridgehead atoms. The van der Waals surface area contributed by atoms with Crippen molar-refractivity contribution in [2.75, 3.05) is 11.1 Å². The van der Waals surface area contributed by atoms with Gasteiger partial charge >= 0.3 is 0 Å². The van der Waals surface area contributed by atoms with Crippen LogP contribution >= 0.6 is 11.8 Å². The summed E-state index contributed by atoms with van der Waals surface area (Å²) in [4.78, 5) is 0. The SMILES string of the molecule is CCCSC[Si](CC)(CC)CC. The topological polar surface area (TPSA) is 0 Å². The van der Waals surface area contributed by atoms with Crippen LogP contribution in [-0.2, 0) is 0 Å². The van der Waals surface area contributed by atoms with Gasteiger partial charge in [0.05, 0.1) is 8.07 Å². The van der Waals surface area contributed by atoms with Crippen molar-refractivity contribution in [3.8, 4) is 0 Å². The third-order valence-electron chi connectivity index (χ3n) is 3.01. The third-order valence-corrected chi connectivity index (χ3v) is 11.5. The smallest absolute Gasteiger partial charge is 0.0631 e. The standard InChI is InChI=1S/C10H24SSi/c1-5-9-11-10-12(6-2,7-3)8-4/h5-10H2,1-4H3. The van der Waals surface area contributed by atoms with Crippen LogP contribution in [0.5, 0.6) is 0 Å². The van der Waals surface area contributed by atoms with Gasteiger partial charge in [-0.05, 0) is 17.5 Å². The molecule has 12 heavy (non-hydrogen) atoms. The summed E-state index contributed by atoms with van der Waals surface area (Å²) < 4.78 is 0. The molecule has 0 rings (SSSR count). The molecule has 74 valence electrons. The quantitative estimate of drug-likeness (QED) is 0.443. The zero-order valence-corrected chi connectivity index (χ0v) is 11.0. The Bertz CT molecular complexity index is 91.7. The van der Waals surface area contributed by atoms with E-state index in [1.807, 2.05) is 0 Å². The Morgan fingerprint density at radius 1 is 0.917 bits per heavy atom. The molecule has 0 amide bonds. The van der Waals surface area contributed by atoms with Crippen LogP contribution in [0.15, 0.2) is 0 Å². The van der Waals surface area contributed by atoms with Crippen LogP contribution in [0.3, 0.4) is 0 Å². The number of hydrogen-bond acceptors (Lipinski definition) is 1. The fraction of sp³-hybridized carbons (Fsp3) is 1.00. The molecule has 0 aromatic carbocycles. The molecule has 2 heteroatoms. The van der Waals surface area contributed by atoms with E-state index >= 15 is 0 Å². The molecule has 0 nitrogen and oxygen atoms in total. The Labute approximate surface area is 83.5 Å². The molecular formula is C10H24SSi. The van der Waals surface area contributed by atoms with Crippen molar-refractivity contribution in [1.82, 2.24) is 0 Å². The first kappa shape index (κ1) is 12.6. The number of hydrogen-bond donors (Lipinski definition) is 0. The van der Waals surface area contributed by atoms with E-state index < -0.39 is 8.07 Å². The fourth-order valence-corrected chi connectivity index (χ4v) is 8.04. The number of rotatable bonds is 7. The molecule has 0 aromatic heterocycles. The largest absolute Gasteiger partial charge is 0.165 e. The maximum Gasteiger partial charge on any atom is 0.0631 e. The Morgan fingerprint density at radius 3 is 1.75 bits per heavy atom. The van der Waals surface area contributed by atoms with E-state index in [1.54, 1.807) is 0 Å². The molecule has 0 unspecified atom stereocenters. The minimum Gasteiger partial charge on any atom is -0.165 e. The van der Waals surface area contributed by atoms with E-state index in [4.69, 9.17) is 0 Å². The molecule has 0 aliphatic heterocycles. The van der Waals surface area contributed by atoms with Gasteiger partial charge in [-0.3, -0.25) is 0 Å². The molecule has 0 atom stereocenters. The van der Waals surface area contributed by atoms with Crippen molar-refractivity contribution in [2.24, 2.45) is 0 Å². The van der Waals surface area contributed by atoms with Gasteiger partial charge in [0.2, 0.25) is 0 Å². The van der Waals surface area contributed by atoms with Crippen molar-refractivity contribution in [1.29, 1.82) is 0 Å². The molecule has 0 fully saturated rings. The summed E-state index contributed by atoms with van der Waals surface area (Å²) in [5.41, 5.74) is 0. The third kappa shape index (κ3) is 3.99. The first-order valence-corrected chi connectivity index (χ1v) is 9.30. The van der Waals surface area contributed by atoms with E-state index in [0.29, 0.717) is 0 Å². The van der Waals surface area contributed by atoms with E-state index in [0.717, 1.165) is 0 Å². The predicted molar refractivity (Wildman–Crippen MR) is 64.8 cm³/mol. The summed E-state index contributed by atoms with van der Waals surface area (Å²) in [6.07, 6.45) is 1.34. The second kappa shape index (κ2) is 7.02. The van der Waals surface area contributed by atoms with Crippen LogP contribution in [0, 0.1) is 0 Å². The Morgan fingerprint density at radius 2 is 1.42 bits per heavy atom. The van der Waals surface area contributed by atoms with Gasteiger partial charge in [0.15, 0.2) is 0 Å². The summed E-state index contributed by atoms with van der Waals surface area (Å²) in [5.74, 6) is 1.37. The summed E-state index contributed by atoms with van der Waals surface area (Å²) >= 11 is 2.20. The molecule has 0 aliphatic rings. The highest BCUT2D eigenvalue weighted by atomic mass is 32.2. The lowest BCUT2D eigenvalue weighted by Crippen LogP contribution is -2.35. The average Bonchev–Trinajstić information content (AvgIpc) is 2.14. The number of thioether (sulfide) groups is 1. The van der Waals surface area contributed by atoms with E-state index in [2.05, 4.69) is 39.5 Å². The lowest BCUT2D eigenvalue weighted by Gasteiger charge is -2.27. The van der Waals surface area contributed by atoms with E-state index in [9.17, 15) is 0 Å². The van der Waals surface area contributed by atoms with Gasteiger partial charge in [0, 0.05) is 0 Å². The average molecular weight is 204 g/mol. The first-order chi connectivity index (χ1) is 5.74. The van der Waals surface area contributed by atoms with Gasteiger partial charge in [-0.1, -0.05) is 45.8 Å². The second-order valence-electron chi connectivity index (χ2n) is 3.61. The highest BCUT2D eigenvalue weighted by molar-refractivity contribution is 8.00. The van der Waals surface area contributed by atoms with Crippen molar-refractivity contribution < 1.29 is 0 Å². The van der Waals surface area contributed by atoms with Crippen LogP contribution in [0.2, 0.25) is 18.1 Å². The van der Waals surface area contributed by atoms with Crippen molar-refractivity contribution in [2.45, 2.75) is 52.2 Å². The monoisotopic (exact) mass is 204 g/mol. The molecule has 0 aromatic rings. The summed E-state index contributed by atoms with van der Waals surface area (Å²) in [7, 11) is -0.792. The molecule has 0 spiro atoms. The van der Waals surface area contributed by atoms with Crippen LogP contribution in [-0.4, -0.2) is 19.2 Å². The maximum absolute atomic E-state index is 2.39. The zero-order chi connectivity index (χ0) is 9.45. The lowest BCUT2D eigenvalue weighted by atomic mass is 10.6. The van der Waals surface area contributed by atoms with Gasteiger partial charge in [0.25, 0.3) is 0 Å².